The zero-order chi connectivity index (χ0) is 17.5. The van der Waals surface area contributed by atoms with Gasteiger partial charge in [0.25, 0.3) is 0 Å². The largest absolute Gasteiger partial charge is 0.488 e. The molecule has 0 spiro atoms. The van der Waals surface area contributed by atoms with Gasteiger partial charge in [-0.2, -0.15) is 16.8 Å². The molecule has 0 atom stereocenters. The summed E-state index contributed by atoms with van der Waals surface area (Å²) in [6, 6.07) is 0. The second-order valence-electron chi connectivity index (χ2n) is 4.31. The normalized spacial score (nSPS) is 12.1. The first kappa shape index (κ1) is 18.3. The molecule has 124 valence electrons. The molecular weight excluding hydrogens is 346 g/mol. The molecular formula is C11H12F2O7S2. The van der Waals surface area contributed by atoms with Gasteiger partial charge in [-0.25, -0.2) is 4.79 Å². The maximum absolute atomic E-state index is 13.5. The molecule has 0 fully saturated rings. The molecule has 0 amide bonds. The van der Waals surface area contributed by atoms with Crippen molar-refractivity contribution >= 4 is 26.7 Å². The van der Waals surface area contributed by atoms with E-state index in [1.165, 1.54) is 6.92 Å². The average Bonchev–Trinajstić information content (AvgIpc) is 2.31. The quantitative estimate of drug-likeness (QED) is 0.595. The third-order valence-corrected chi connectivity index (χ3v) is 4.39. The lowest BCUT2D eigenvalue weighted by Gasteiger charge is -2.17. The van der Waals surface area contributed by atoms with Gasteiger partial charge in [0.05, 0.1) is 12.7 Å². The number of benzene rings is 1. The van der Waals surface area contributed by atoms with Crippen molar-refractivity contribution in [3.8, 4) is 5.75 Å². The number of carbonyl (C=O) groups is 1. The summed E-state index contributed by atoms with van der Waals surface area (Å²) in [7, 11) is -9.86. The summed E-state index contributed by atoms with van der Waals surface area (Å²) in [5.74, 6) is -1.84. The molecule has 0 radical (unpaired) electrons. The van der Waals surface area contributed by atoms with E-state index in [0.717, 1.165) is 21.0 Å². The van der Waals surface area contributed by atoms with Crippen LogP contribution in [-0.4, -0.2) is 29.9 Å². The van der Waals surface area contributed by atoms with Gasteiger partial charge in [-0.05, 0) is 26.3 Å². The molecule has 1 aromatic carbocycles. The van der Waals surface area contributed by atoms with Crippen LogP contribution in [0.3, 0.4) is 0 Å². The van der Waals surface area contributed by atoms with Crippen molar-refractivity contribution < 1.29 is 38.3 Å². The lowest BCUT2D eigenvalue weighted by Crippen LogP contribution is -2.15. The van der Waals surface area contributed by atoms with Gasteiger partial charge in [0.2, 0.25) is 0 Å². The van der Waals surface area contributed by atoms with Crippen LogP contribution in [0.15, 0.2) is 4.90 Å². The highest BCUT2D eigenvalue weighted by Crippen LogP contribution is 2.37. The fourth-order valence-corrected chi connectivity index (χ4v) is 3.55. The Morgan fingerprint density at radius 2 is 1.45 bits per heavy atom. The summed E-state index contributed by atoms with van der Waals surface area (Å²) in [5, 5.41) is 0. The maximum atomic E-state index is 13.5. The van der Waals surface area contributed by atoms with Crippen molar-refractivity contribution in [1.29, 1.82) is 0 Å². The van der Waals surface area contributed by atoms with Gasteiger partial charge < -0.3 is 8.92 Å². The lowest BCUT2D eigenvalue weighted by molar-refractivity contribution is 0.0598. The molecule has 0 unspecified atom stereocenters. The van der Waals surface area contributed by atoms with Crippen LogP contribution in [0.5, 0.6) is 5.75 Å². The van der Waals surface area contributed by atoms with Gasteiger partial charge in [0.15, 0.2) is 5.75 Å². The van der Waals surface area contributed by atoms with Crippen molar-refractivity contribution in [3.63, 3.8) is 0 Å². The van der Waals surface area contributed by atoms with Crippen LogP contribution in [-0.2, 0) is 25.5 Å². The first-order valence-electron chi connectivity index (χ1n) is 5.62. The third kappa shape index (κ3) is 3.53. The van der Waals surface area contributed by atoms with Crippen LogP contribution >= 0.6 is 0 Å². The van der Waals surface area contributed by atoms with Crippen molar-refractivity contribution in [3.05, 3.63) is 22.3 Å². The second-order valence-corrected chi connectivity index (χ2v) is 6.55. The predicted molar refractivity (Wildman–Crippen MR) is 70.9 cm³/mol. The number of ether oxygens (including phenoxy) is 1. The molecule has 0 aliphatic heterocycles. The first-order valence-corrected chi connectivity index (χ1v) is 8.31. The summed E-state index contributed by atoms with van der Waals surface area (Å²) in [6.45, 7) is 3.34. The molecule has 0 saturated carbocycles. The summed E-state index contributed by atoms with van der Waals surface area (Å²) in [4.78, 5) is 10.8. The molecule has 0 aliphatic carbocycles. The van der Waals surface area contributed by atoms with E-state index >= 15 is 0 Å². The van der Waals surface area contributed by atoms with Crippen molar-refractivity contribution in [2.75, 3.05) is 7.11 Å². The minimum atomic E-state index is -5.52. The van der Waals surface area contributed by atoms with Gasteiger partial charge >= 0.3 is 26.7 Å². The Kier molecular flexibility index (Phi) is 4.82. The molecule has 0 N–H and O–H groups in total. The van der Waals surface area contributed by atoms with Crippen molar-refractivity contribution in [2.45, 2.75) is 25.7 Å². The predicted octanol–water partition coefficient (Wildman–Crippen LogP) is 1.65. The number of rotatable bonds is 4. The third-order valence-electron chi connectivity index (χ3n) is 2.93. The Morgan fingerprint density at radius 3 is 1.82 bits per heavy atom. The van der Waals surface area contributed by atoms with Crippen LogP contribution in [0.25, 0.3) is 0 Å². The molecule has 0 bridgehead atoms. The average molecular weight is 358 g/mol. The van der Waals surface area contributed by atoms with E-state index in [2.05, 4.69) is 8.92 Å². The summed E-state index contributed by atoms with van der Waals surface area (Å²) in [6.07, 6.45) is 0. The summed E-state index contributed by atoms with van der Waals surface area (Å²) >= 11 is 0. The zero-order valence-corrected chi connectivity index (χ0v) is 13.6. The Bertz CT molecular complexity index is 842. The van der Waals surface area contributed by atoms with Crippen LogP contribution < -0.4 is 4.18 Å². The van der Waals surface area contributed by atoms with Crippen LogP contribution in [0.4, 0.5) is 7.77 Å². The topological polar surface area (TPSA) is 104 Å². The number of halogens is 2. The Morgan fingerprint density at radius 1 is 0.955 bits per heavy atom. The first-order chi connectivity index (χ1) is 9.81. The molecule has 1 aromatic rings. The molecule has 1 rings (SSSR count). The standard InChI is InChI=1S/C11H12F2O7S2/c1-5-8(11(14)19-4)6(2)10(21(12,15)16)7(3)9(5)20-22(13,17)18/h1-4H3. The zero-order valence-electron chi connectivity index (χ0n) is 11.9. The monoisotopic (exact) mass is 358 g/mol. The molecule has 0 heterocycles. The highest BCUT2D eigenvalue weighted by Gasteiger charge is 2.31. The fourth-order valence-electron chi connectivity index (χ4n) is 2.17. The molecule has 0 saturated heterocycles. The van der Waals surface area contributed by atoms with E-state index in [4.69, 9.17) is 0 Å². The molecule has 11 heteroatoms. The maximum Gasteiger partial charge on any atom is 0.488 e. The highest BCUT2D eigenvalue weighted by atomic mass is 32.3. The van der Waals surface area contributed by atoms with Gasteiger partial charge in [-0.3, -0.25) is 0 Å². The van der Waals surface area contributed by atoms with E-state index in [9.17, 15) is 29.4 Å². The second kappa shape index (κ2) is 5.80. The minimum Gasteiger partial charge on any atom is -0.465 e. The number of methoxy groups -OCH3 is 1. The van der Waals surface area contributed by atoms with E-state index < -0.39 is 48.5 Å². The van der Waals surface area contributed by atoms with Gasteiger partial charge in [0.1, 0.15) is 4.90 Å². The summed E-state index contributed by atoms with van der Waals surface area (Å²) in [5.41, 5.74) is -1.40. The number of carbonyl (C=O) groups excluding carboxylic acids is 1. The van der Waals surface area contributed by atoms with Crippen LogP contribution in [0, 0.1) is 20.8 Å². The van der Waals surface area contributed by atoms with Gasteiger partial charge in [-0.1, -0.05) is 3.89 Å². The smallest absolute Gasteiger partial charge is 0.465 e. The van der Waals surface area contributed by atoms with Crippen LogP contribution in [0.1, 0.15) is 27.0 Å². The SMILES string of the molecule is COC(=O)c1c(C)c(OS(=O)(=O)F)c(C)c(S(=O)(=O)F)c1C. The van der Waals surface area contributed by atoms with Crippen molar-refractivity contribution in [2.24, 2.45) is 0 Å². The van der Waals surface area contributed by atoms with E-state index in [1.54, 1.807) is 0 Å². The number of esters is 1. The Labute approximate surface area is 126 Å². The molecule has 0 aliphatic rings. The summed E-state index contributed by atoms with van der Waals surface area (Å²) < 4.78 is 78.5. The molecule has 22 heavy (non-hydrogen) atoms. The van der Waals surface area contributed by atoms with Crippen LogP contribution in [0.2, 0.25) is 0 Å². The van der Waals surface area contributed by atoms with E-state index in [1.807, 2.05) is 0 Å². The Balaban J connectivity index is 3.99. The van der Waals surface area contributed by atoms with Gasteiger partial charge in [0, 0.05) is 11.1 Å². The molecule has 0 aromatic heterocycles. The lowest BCUT2D eigenvalue weighted by atomic mass is 9.98. The molecule has 7 nitrogen and oxygen atoms in total. The number of hydrogen-bond donors (Lipinski definition) is 0. The fraction of sp³-hybridized carbons (Fsp3) is 0.364. The number of hydrogen-bond acceptors (Lipinski definition) is 7. The van der Waals surface area contributed by atoms with Crippen molar-refractivity contribution in [1.82, 2.24) is 0 Å². The Hall–Kier alpha value is -1.75. The minimum absolute atomic E-state index is 0.199. The van der Waals surface area contributed by atoms with E-state index in [0.29, 0.717) is 0 Å². The van der Waals surface area contributed by atoms with Gasteiger partial charge in [-0.15, -0.1) is 3.89 Å². The van der Waals surface area contributed by atoms with E-state index in [-0.39, 0.29) is 11.1 Å². The highest BCUT2D eigenvalue weighted by molar-refractivity contribution is 7.86.